The Balaban J connectivity index is 1.88. The summed E-state index contributed by atoms with van der Waals surface area (Å²) in [5.74, 6) is -1.40. The lowest BCUT2D eigenvalue weighted by Crippen LogP contribution is -2.23. The van der Waals surface area contributed by atoms with E-state index in [1.807, 2.05) is 37.3 Å². The Kier molecular flexibility index (Phi) is 6.22. The van der Waals surface area contributed by atoms with E-state index in [1.54, 1.807) is 0 Å². The van der Waals surface area contributed by atoms with Crippen LogP contribution in [-0.4, -0.2) is 23.4 Å². The van der Waals surface area contributed by atoms with Gasteiger partial charge in [0.1, 0.15) is 0 Å². The number of nitro benzene ring substituents is 1. The molecule has 1 atom stereocenters. The summed E-state index contributed by atoms with van der Waals surface area (Å²) in [6.07, 6.45) is 0.562. The van der Waals surface area contributed by atoms with Crippen LogP contribution in [0.2, 0.25) is 0 Å². The molecule has 0 radical (unpaired) electrons. The van der Waals surface area contributed by atoms with Crippen LogP contribution in [-0.2, 0) is 14.3 Å². The fourth-order valence-corrected chi connectivity index (χ4v) is 2.32. The summed E-state index contributed by atoms with van der Waals surface area (Å²) in [6.45, 7) is 1.45. The van der Waals surface area contributed by atoms with Crippen LogP contribution in [0.25, 0.3) is 0 Å². The number of rotatable bonds is 7. The molecule has 7 nitrogen and oxygen atoms in total. The summed E-state index contributed by atoms with van der Waals surface area (Å²) in [4.78, 5) is 34.1. The number of anilines is 1. The van der Waals surface area contributed by atoms with E-state index in [9.17, 15) is 19.7 Å². The van der Waals surface area contributed by atoms with Crippen molar-refractivity contribution in [3.05, 3.63) is 70.3 Å². The van der Waals surface area contributed by atoms with Crippen LogP contribution >= 0.6 is 0 Å². The summed E-state index contributed by atoms with van der Waals surface area (Å²) < 4.78 is 5.09. The normalized spacial score (nSPS) is 11.4. The average molecular weight is 342 g/mol. The van der Waals surface area contributed by atoms with Crippen molar-refractivity contribution >= 4 is 23.3 Å². The van der Waals surface area contributed by atoms with Gasteiger partial charge in [-0.3, -0.25) is 19.7 Å². The molecule has 2 rings (SSSR count). The van der Waals surface area contributed by atoms with E-state index < -0.39 is 29.3 Å². The monoisotopic (exact) mass is 342 g/mol. The fraction of sp³-hybridized carbons (Fsp3) is 0.222. The number of nitro groups is 1. The molecular formula is C18H18N2O5. The van der Waals surface area contributed by atoms with Gasteiger partial charge in [-0.1, -0.05) is 37.3 Å². The molecule has 0 unspecified atom stereocenters. The average Bonchev–Trinajstić information content (AvgIpc) is 2.62. The van der Waals surface area contributed by atoms with Crippen LogP contribution in [0.3, 0.4) is 0 Å². The molecule has 0 aliphatic carbocycles. The van der Waals surface area contributed by atoms with Crippen molar-refractivity contribution in [3.8, 4) is 0 Å². The first-order chi connectivity index (χ1) is 12.0. The van der Waals surface area contributed by atoms with E-state index >= 15 is 0 Å². The van der Waals surface area contributed by atoms with Gasteiger partial charge >= 0.3 is 5.97 Å². The number of carbonyl (C=O) groups excluding carboxylic acids is 2. The van der Waals surface area contributed by atoms with Crippen LogP contribution in [0.4, 0.5) is 11.4 Å². The van der Waals surface area contributed by atoms with Gasteiger partial charge in [0.25, 0.3) is 11.6 Å². The molecule has 0 bridgehead atoms. The minimum atomic E-state index is -0.526. The number of hydrogen-bond donors (Lipinski definition) is 1. The second kappa shape index (κ2) is 8.58. The van der Waals surface area contributed by atoms with Crippen LogP contribution in [0, 0.1) is 10.1 Å². The highest BCUT2D eigenvalue weighted by Crippen LogP contribution is 2.21. The number of non-ortho nitro benzene ring substituents is 1. The topological polar surface area (TPSA) is 98.5 Å². The predicted octanol–water partition coefficient (Wildman–Crippen LogP) is 3.27. The first kappa shape index (κ1) is 18.1. The zero-order valence-electron chi connectivity index (χ0n) is 13.7. The van der Waals surface area contributed by atoms with Crippen molar-refractivity contribution in [2.45, 2.75) is 19.3 Å². The molecule has 0 spiro atoms. The van der Waals surface area contributed by atoms with Crippen LogP contribution in [0.15, 0.2) is 54.6 Å². The summed E-state index contributed by atoms with van der Waals surface area (Å²) in [6, 6.07) is 14.6. The standard InChI is InChI=1S/C18H18N2O5/c1-2-16(13-6-4-3-5-7-13)18(22)25-12-17(21)19-14-8-10-15(11-9-14)20(23)24/h3-11,16H,2,12H2,1H3,(H,19,21)/t16-/m0/s1. The minimum absolute atomic E-state index is 0.0712. The van der Waals surface area contributed by atoms with Crippen LogP contribution < -0.4 is 5.32 Å². The molecule has 0 aromatic heterocycles. The number of nitrogens with one attached hydrogen (secondary N) is 1. The summed E-state index contributed by atoms with van der Waals surface area (Å²) in [5, 5.41) is 13.1. The van der Waals surface area contributed by atoms with Crippen molar-refractivity contribution in [2.24, 2.45) is 0 Å². The van der Waals surface area contributed by atoms with Gasteiger partial charge in [-0.25, -0.2) is 0 Å². The van der Waals surface area contributed by atoms with Crippen molar-refractivity contribution < 1.29 is 19.2 Å². The Bertz CT molecular complexity index is 744. The van der Waals surface area contributed by atoms with E-state index in [0.717, 1.165) is 5.56 Å². The molecule has 2 aromatic rings. The second-order valence-electron chi connectivity index (χ2n) is 5.33. The van der Waals surface area contributed by atoms with Crippen molar-refractivity contribution in [1.82, 2.24) is 0 Å². The number of carbonyl (C=O) groups is 2. The number of hydrogen-bond acceptors (Lipinski definition) is 5. The highest BCUT2D eigenvalue weighted by molar-refractivity contribution is 5.93. The molecule has 0 saturated carbocycles. The van der Waals surface area contributed by atoms with E-state index in [-0.39, 0.29) is 5.69 Å². The molecule has 25 heavy (non-hydrogen) atoms. The third-order valence-corrected chi connectivity index (χ3v) is 3.60. The summed E-state index contributed by atoms with van der Waals surface area (Å²) in [7, 11) is 0. The van der Waals surface area contributed by atoms with Crippen molar-refractivity contribution in [2.75, 3.05) is 11.9 Å². The number of nitrogens with zero attached hydrogens (tertiary/aromatic N) is 1. The maximum Gasteiger partial charge on any atom is 0.313 e. The maximum absolute atomic E-state index is 12.2. The molecule has 0 fully saturated rings. The van der Waals surface area contributed by atoms with Crippen molar-refractivity contribution in [3.63, 3.8) is 0 Å². The Hall–Kier alpha value is -3.22. The third-order valence-electron chi connectivity index (χ3n) is 3.60. The summed E-state index contributed by atoms with van der Waals surface area (Å²) >= 11 is 0. The zero-order chi connectivity index (χ0) is 18.2. The molecule has 2 aromatic carbocycles. The zero-order valence-corrected chi connectivity index (χ0v) is 13.7. The van der Waals surface area contributed by atoms with Gasteiger partial charge in [-0.05, 0) is 24.1 Å². The number of ether oxygens (including phenoxy) is 1. The number of esters is 1. The first-order valence-corrected chi connectivity index (χ1v) is 7.77. The highest BCUT2D eigenvalue weighted by Gasteiger charge is 2.21. The van der Waals surface area contributed by atoms with Crippen LogP contribution in [0.5, 0.6) is 0 Å². The Morgan fingerprint density at radius 3 is 2.32 bits per heavy atom. The molecule has 0 saturated heterocycles. The molecule has 0 heterocycles. The quantitative estimate of drug-likeness (QED) is 0.473. The smallest absolute Gasteiger partial charge is 0.313 e. The lowest BCUT2D eigenvalue weighted by molar-refractivity contribution is -0.384. The molecule has 7 heteroatoms. The lowest BCUT2D eigenvalue weighted by atomic mass is 9.97. The summed E-state index contributed by atoms with van der Waals surface area (Å²) in [5.41, 5.74) is 1.16. The SMILES string of the molecule is CC[C@H](C(=O)OCC(=O)Nc1ccc([N+](=O)[O-])cc1)c1ccccc1. The van der Waals surface area contributed by atoms with Gasteiger partial charge in [0.05, 0.1) is 10.8 Å². The Labute approximate surface area is 144 Å². The first-order valence-electron chi connectivity index (χ1n) is 7.77. The molecular weight excluding hydrogens is 324 g/mol. The molecule has 130 valence electrons. The molecule has 1 N–H and O–H groups in total. The predicted molar refractivity (Wildman–Crippen MR) is 92.2 cm³/mol. The maximum atomic E-state index is 12.2. The van der Waals surface area contributed by atoms with Gasteiger partial charge in [0, 0.05) is 17.8 Å². The number of amides is 1. The van der Waals surface area contributed by atoms with Gasteiger partial charge in [-0.15, -0.1) is 0 Å². The molecule has 0 aliphatic rings. The third kappa shape index (κ3) is 5.13. The lowest BCUT2D eigenvalue weighted by Gasteiger charge is -2.14. The molecule has 0 aliphatic heterocycles. The fourth-order valence-electron chi connectivity index (χ4n) is 2.32. The van der Waals surface area contributed by atoms with Crippen molar-refractivity contribution in [1.29, 1.82) is 0 Å². The van der Waals surface area contributed by atoms with Gasteiger partial charge in [-0.2, -0.15) is 0 Å². The molecule has 1 amide bonds. The van der Waals surface area contributed by atoms with E-state index in [1.165, 1.54) is 24.3 Å². The van der Waals surface area contributed by atoms with E-state index in [2.05, 4.69) is 5.32 Å². The van der Waals surface area contributed by atoms with E-state index in [0.29, 0.717) is 12.1 Å². The van der Waals surface area contributed by atoms with Gasteiger partial charge in [0.15, 0.2) is 6.61 Å². The second-order valence-corrected chi connectivity index (χ2v) is 5.33. The van der Waals surface area contributed by atoms with Crippen LogP contribution in [0.1, 0.15) is 24.8 Å². The van der Waals surface area contributed by atoms with Gasteiger partial charge < -0.3 is 10.1 Å². The minimum Gasteiger partial charge on any atom is -0.455 e. The Morgan fingerprint density at radius 2 is 1.76 bits per heavy atom. The largest absolute Gasteiger partial charge is 0.455 e. The highest BCUT2D eigenvalue weighted by atomic mass is 16.6. The number of benzene rings is 2. The van der Waals surface area contributed by atoms with Gasteiger partial charge in [0.2, 0.25) is 0 Å². The van der Waals surface area contributed by atoms with E-state index in [4.69, 9.17) is 4.74 Å². The Morgan fingerprint density at radius 1 is 1.12 bits per heavy atom.